The van der Waals surface area contributed by atoms with E-state index in [1.54, 1.807) is 7.11 Å². The van der Waals surface area contributed by atoms with Crippen molar-refractivity contribution in [3.05, 3.63) is 34.9 Å². The molecule has 0 amide bonds. The number of ether oxygens (including phenoxy) is 2. The van der Waals surface area contributed by atoms with Gasteiger partial charge in [0.2, 0.25) is 0 Å². The molecule has 6 heteroatoms. The molecule has 3 fully saturated rings. The third-order valence-electron chi connectivity index (χ3n) is 6.00. The molecule has 5 atom stereocenters. The number of methoxy groups -OCH3 is 1. The molecule has 0 saturated carbocycles. The Bertz CT molecular complexity index is 650. The Hall–Kier alpha value is -1.30. The van der Waals surface area contributed by atoms with Gasteiger partial charge in [-0.3, -0.25) is 4.99 Å². The predicted molar refractivity (Wildman–Crippen MR) is 104 cm³/mol. The largest absolute Gasteiger partial charge is 0.375 e. The van der Waals surface area contributed by atoms with E-state index in [4.69, 9.17) is 26.1 Å². The van der Waals surface area contributed by atoms with E-state index in [0.717, 1.165) is 36.2 Å². The lowest BCUT2D eigenvalue weighted by Gasteiger charge is -2.24. The fourth-order valence-electron chi connectivity index (χ4n) is 4.75. The second kappa shape index (κ2) is 7.75. The summed E-state index contributed by atoms with van der Waals surface area (Å²) in [5.41, 5.74) is 1.06. The SMILES string of the molecule is CCNC(=NCC(OC)c1cccc(Cl)c1)N1CC2C3CCC(O3)C2C1. The average molecular weight is 378 g/mol. The Morgan fingerprint density at radius 2 is 2.08 bits per heavy atom. The van der Waals surface area contributed by atoms with E-state index >= 15 is 0 Å². The normalized spacial score (nSPS) is 31.3. The van der Waals surface area contributed by atoms with Crippen LogP contribution in [0.4, 0.5) is 0 Å². The second-order valence-electron chi connectivity index (χ2n) is 7.50. The second-order valence-corrected chi connectivity index (χ2v) is 7.93. The van der Waals surface area contributed by atoms with Crippen molar-refractivity contribution in [3.8, 4) is 0 Å². The highest BCUT2D eigenvalue weighted by molar-refractivity contribution is 6.30. The zero-order valence-electron chi connectivity index (χ0n) is 15.5. The quantitative estimate of drug-likeness (QED) is 0.632. The van der Waals surface area contributed by atoms with E-state index in [1.807, 2.05) is 24.3 Å². The Morgan fingerprint density at radius 1 is 1.35 bits per heavy atom. The van der Waals surface area contributed by atoms with Gasteiger partial charge in [-0.1, -0.05) is 23.7 Å². The number of aliphatic imine (C=N–C) groups is 1. The molecule has 1 N–H and O–H groups in total. The Kier molecular flexibility index (Phi) is 5.39. The standard InChI is InChI=1S/C20H28ClN3O2/c1-3-22-20(23-10-19(25-2)13-5-4-6-14(21)9-13)24-11-15-16(12-24)18-8-7-17(15)26-18/h4-6,9,15-19H,3,7-8,10-12H2,1-2H3,(H,22,23). The number of nitrogens with one attached hydrogen (secondary N) is 1. The third-order valence-corrected chi connectivity index (χ3v) is 6.23. The molecule has 5 nitrogen and oxygen atoms in total. The van der Waals surface area contributed by atoms with Crippen molar-refractivity contribution in [2.24, 2.45) is 16.8 Å². The number of benzene rings is 1. The maximum atomic E-state index is 6.13. The van der Waals surface area contributed by atoms with Crippen LogP contribution in [-0.4, -0.2) is 56.4 Å². The molecule has 142 valence electrons. The Labute approximate surface area is 160 Å². The molecule has 4 rings (SSSR count). The summed E-state index contributed by atoms with van der Waals surface area (Å²) in [6.07, 6.45) is 3.30. The zero-order valence-corrected chi connectivity index (χ0v) is 16.3. The van der Waals surface area contributed by atoms with Crippen LogP contribution in [0.1, 0.15) is 31.4 Å². The fourth-order valence-corrected chi connectivity index (χ4v) is 4.95. The number of hydrogen-bond donors (Lipinski definition) is 1. The summed E-state index contributed by atoms with van der Waals surface area (Å²) in [6, 6.07) is 7.83. The van der Waals surface area contributed by atoms with Crippen molar-refractivity contribution < 1.29 is 9.47 Å². The first-order chi connectivity index (χ1) is 12.7. The molecule has 1 aromatic rings. The molecule has 0 spiro atoms. The lowest BCUT2D eigenvalue weighted by atomic mass is 9.82. The highest BCUT2D eigenvalue weighted by Crippen LogP contribution is 2.47. The minimum absolute atomic E-state index is 0.0935. The fraction of sp³-hybridized carbons (Fsp3) is 0.650. The molecule has 5 unspecified atom stereocenters. The van der Waals surface area contributed by atoms with Crippen LogP contribution in [0.15, 0.2) is 29.3 Å². The summed E-state index contributed by atoms with van der Waals surface area (Å²) in [5, 5.41) is 4.18. The van der Waals surface area contributed by atoms with Crippen LogP contribution >= 0.6 is 11.6 Å². The van der Waals surface area contributed by atoms with E-state index < -0.39 is 0 Å². The van der Waals surface area contributed by atoms with Crippen LogP contribution in [0.3, 0.4) is 0 Å². The first-order valence-corrected chi connectivity index (χ1v) is 10.0. The first-order valence-electron chi connectivity index (χ1n) is 9.66. The molecule has 26 heavy (non-hydrogen) atoms. The van der Waals surface area contributed by atoms with Gasteiger partial charge in [0.1, 0.15) is 6.10 Å². The summed E-state index contributed by atoms with van der Waals surface area (Å²) in [6.45, 7) is 5.65. The number of guanidine groups is 1. The van der Waals surface area contributed by atoms with Gasteiger partial charge in [0, 0.05) is 43.6 Å². The summed E-state index contributed by atoms with van der Waals surface area (Å²) in [5.74, 6) is 2.33. The van der Waals surface area contributed by atoms with Crippen molar-refractivity contribution >= 4 is 17.6 Å². The molecule has 3 saturated heterocycles. The smallest absolute Gasteiger partial charge is 0.194 e. The number of hydrogen-bond acceptors (Lipinski definition) is 3. The molecule has 3 heterocycles. The molecular weight excluding hydrogens is 350 g/mol. The predicted octanol–water partition coefficient (Wildman–Crippen LogP) is 3.10. The number of fused-ring (bicyclic) bond motifs is 5. The van der Waals surface area contributed by atoms with Gasteiger partial charge >= 0.3 is 0 Å². The van der Waals surface area contributed by atoms with E-state index in [-0.39, 0.29) is 6.10 Å². The van der Waals surface area contributed by atoms with Gasteiger partial charge in [0.15, 0.2) is 5.96 Å². The summed E-state index contributed by atoms with van der Waals surface area (Å²) >= 11 is 6.13. The van der Waals surface area contributed by atoms with E-state index in [9.17, 15) is 0 Å². The Morgan fingerprint density at radius 3 is 2.69 bits per heavy atom. The molecule has 0 aliphatic carbocycles. The highest BCUT2D eigenvalue weighted by atomic mass is 35.5. The van der Waals surface area contributed by atoms with Crippen LogP contribution in [0, 0.1) is 11.8 Å². The summed E-state index contributed by atoms with van der Waals surface area (Å²) in [7, 11) is 1.73. The van der Waals surface area contributed by atoms with Crippen molar-refractivity contribution in [2.45, 2.75) is 38.1 Å². The van der Waals surface area contributed by atoms with Crippen molar-refractivity contribution in [1.29, 1.82) is 0 Å². The van der Waals surface area contributed by atoms with Gasteiger partial charge in [0.25, 0.3) is 0 Å². The van der Waals surface area contributed by atoms with E-state index in [1.165, 1.54) is 12.8 Å². The summed E-state index contributed by atoms with van der Waals surface area (Å²) in [4.78, 5) is 7.31. The van der Waals surface area contributed by atoms with Crippen LogP contribution in [0.2, 0.25) is 5.02 Å². The highest BCUT2D eigenvalue weighted by Gasteiger charge is 2.53. The van der Waals surface area contributed by atoms with Gasteiger partial charge in [0.05, 0.1) is 18.8 Å². The van der Waals surface area contributed by atoms with E-state index in [0.29, 0.717) is 30.6 Å². The van der Waals surface area contributed by atoms with Crippen molar-refractivity contribution in [2.75, 3.05) is 33.3 Å². The van der Waals surface area contributed by atoms with Gasteiger partial charge in [-0.15, -0.1) is 0 Å². The molecular formula is C20H28ClN3O2. The third kappa shape index (κ3) is 3.45. The van der Waals surface area contributed by atoms with Crippen LogP contribution in [0.25, 0.3) is 0 Å². The molecule has 3 aliphatic heterocycles. The van der Waals surface area contributed by atoms with Crippen LogP contribution in [0.5, 0.6) is 0 Å². The van der Waals surface area contributed by atoms with Crippen molar-refractivity contribution in [3.63, 3.8) is 0 Å². The lowest BCUT2D eigenvalue weighted by molar-refractivity contribution is 0.0765. The minimum Gasteiger partial charge on any atom is -0.375 e. The molecule has 3 aliphatic rings. The van der Waals surface area contributed by atoms with Gasteiger partial charge in [-0.2, -0.15) is 0 Å². The maximum Gasteiger partial charge on any atom is 0.194 e. The molecule has 2 bridgehead atoms. The topological polar surface area (TPSA) is 46.1 Å². The lowest BCUT2D eigenvalue weighted by Crippen LogP contribution is -2.41. The van der Waals surface area contributed by atoms with Crippen LogP contribution < -0.4 is 5.32 Å². The van der Waals surface area contributed by atoms with Gasteiger partial charge in [-0.25, -0.2) is 0 Å². The first kappa shape index (κ1) is 18.1. The van der Waals surface area contributed by atoms with Crippen molar-refractivity contribution in [1.82, 2.24) is 10.2 Å². The summed E-state index contributed by atoms with van der Waals surface area (Å²) < 4.78 is 11.8. The minimum atomic E-state index is -0.0935. The molecule has 1 aromatic carbocycles. The monoisotopic (exact) mass is 377 g/mol. The number of halogens is 1. The van der Waals surface area contributed by atoms with Crippen LogP contribution in [-0.2, 0) is 9.47 Å². The zero-order chi connectivity index (χ0) is 18.1. The molecule has 0 aromatic heterocycles. The van der Waals surface area contributed by atoms with Gasteiger partial charge in [-0.05, 0) is 37.5 Å². The Balaban J connectivity index is 1.46. The molecule has 0 radical (unpaired) electrons. The number of rotatable bonds is 5. The number of likely N-dealkylation sites (tertiary alicyclic amines) is 1. The van der Waals surface area contributed by atoms with Gasteiger partial charge < -0.3 is 19.7 Å². The average Bonchev–Trinajstić information content (AvgIpc) is 3.34. The van der Waals surface area contributed by atoms with E-state index in [2.05, 4.69) is 17.1 Å². The number of nitrogens with zero attached hydrogens (tertiary/aromatic N) is 2. The maximum absolute atomic E-state index is 6.13.